The third-order valence-electron chi connectivity index (χ3n) is 5.04. The molecule has 0 aliphatic rings. The fourth-order valence-electron chi connectivity index (χ4n) is 2.97. The molecule has 0 fully saturated rings. The maximum atomic E-state index is 12.0. The van der Waals surface area contributed by atoms with Gasteiger partial charge in [0.15, 0.2) is 34.6 Å². The van der Waals surface area contributed by atoms with Crippen LogP contribution in [-0.4, -0.2) is 50.5 Å². The zero-order valence-electron chi connectivity index (χ0n) is 19.1. The predicted octanol–water partition coefficient (Wildman–Crippen LogP) is 4.83. The van der Waals surface area contributed by atoms with Gasteiger partial charge in [0.1, 0.15) is 0 Å². The van der Waals surface area contributed by atoms with Gasteiger partial charge in [-0.05, 0) is 61.7 Å². The second-order valence-corrected chi connectivity index (χ2v) is 7.96. The summed E-state index contributed by atoms with van der Waals surface area (Å²) in [5.41, 5.74) is 1.96. The summed E-state index contributed by atoms with van der Waals surface area (Å²) in [6.45, 7) is 2.25. The number of phenolic OH excluding ortho intramolecular Hbond substituents is 4. The Morgan fingerprint density at radius 2 is 1.31 bits per heavy atom. The lowest BCUT2D eigenvalue weighted by atomic mass is 10.1. The van der Waals surface area contributed by atoms with E-state index in [0.717, 1.165) is 12.8 Å². The normalized spacial score (nSPS) is 10.9. The molecule has 0 aromatic heterocycles. The van der Waals surface area contributed by atoms with Gasteiger partial charge in [0.25, 0.3) is 0 Å². The molecule has 0 aliphatic carbocycles. The summed E-state index contributed by atoms with van der Waals surface area (Å²) in [6.07, 6.45) is 1.90. The monoisotopic (exact) mass is 521 g/mol. The molecule has 188 valence electrons. The highest BCUT2D eigenvalue weighted by molar-refractivity contribution is 6.30. The van der Waals surface area contributed by atoms with E-state index in [0.29, 0.717) is 11.1 Å². The number of ketones is 2. The Bertz CT molecular complexity index is 1110. The van der Waals surface area contributed by atoms with Crippen LogP contribution in [0.3, 0.4) is 0 Å². The van der Waals surface area contributed by atoms with E-state index in [1.165, 1.54) is 42.0 Å². The molecule has 0 saturated carbocycles. The molecule has 0 bridgehead atoms. The SMILES string of the molecule is CC(CCc1ccccc1)NCC(=O)c1ccc(O)c(O)c1.Cl.O=C(CCl)c1ccc(O)c(O)c1. The molecule has 1 unspecified atom stereocenters. The van der Waals surface area contributed by atoms with Gasteiger partial charge in [-0.2, -0.15) is 0 Å². The van der Waals surface area contributed by atoms with Crippen LogP contribution >= 0.6 is 24.0 Å². The Morgan fingerprint density at radius 3 is 1.80 bits per heavy atom. The van der Waals surface area contributed by atoms with Crippen LogP contribution < -0.4 is 5.32 Å². The van der Waals surface area contributed by atoms with Crippen molar-refractivity contribution in [3.05, 3.63) is 83.4 Å². The minimum absolute atomic E-state index is 0. The van der Waals surface area contributed by atoms with Crippen molar-refractivity contribution in [1.82, 2.24) is 5.32 Å². The van der Waals surface area contributed by atoms with Gasteiger partial charge in [0.05, 0.1) is 12.4 Å². The average molecular weight is 522 g/mol. The summed E-state index contributed by atoms with van der Waals surface area (Å²) < 4.78 is 0. The first-order valence-corrected chi connectivity index (χ1v) is 11.2. The molecule has 0 amide bonds. The van der Waals surface area contributed by atoms with Gasteiger partial charge in [-0.25, -0.2) is 0 Å². The van der Waals surface area contributed by atoms with E-state index in [1.807, 2.05) is 25.1 Å². The fraction of sp³-hybridized carbons (Fsp3) is 0.231. The first-order valence-electron chi connectivity index (χ1n) is 10.6. The van der Waals surface area contributed by atoms with Crippen molar-refractivity contribution >= 4 is 35.6 Å². The molecule has 9 heteroatoms. The number of Topliss-reactive ketones (excluding diaryl/α,β-unsaturated/α-hetero) is 2. The average Bonchev–Trinajstić information content (AvgIpc) is 2.85. The standard InChI is InChI=1S/C18H21NO3.C8H7ClO3.ClH/c1-13(7-8-14-5-3-2-4-6-14)19-12-18(22)15-9-10-16(20)17(21)11-15;9-4-8(12)5-1-2-6(10)7(11)3-5;/h2-6,9-11,13,19-21H,7-8,12H2,1H3;1-3,10-11H,4H2;1H. The third kappa shape index (κ3) is 9.86. The Labute approximate surface area is 215 Å². The molecule has 3 rings (SSSR count). The molecule has 5 N–H and O–H groups in total. The summed E-state index contributed by atoms with van der Waals surface area (Å²) in [5, 5.41) is 39.8. The van der Waals surface area contributed by atoms with Gasteiger partial charge < -0.3 is 25.7 Å². The van der Waals surface area contributed by atoms with Crippen LogP contribution in [0, 0.1) is 0 Å². The van der Waals surface area contributed by atoms with E-state index in [2.05, 4.69) is 17.4 Å². The summed E-state index contributed by atoms with van der Waals surface area (Å²) >= 11 is 5.28. The topological polar surface area (TPSA) is 127 Å². The summed E-state index contributed by atoms with van der Waals surface area (Å²) in [4.78, 5) is 23.0. The molecule has 3 aromatic rings. The molecule has 35 heavy (non-hydrogen) atoms. The fourth-order valence-corrected chi connectivity index (χ4v) is 3.12. The van der Waals surface area contributed by atoms with Crippen LogP contribution in [0.5, 0.6) is 23.0 Å². The summed E-state index contributed by atoms with van der Waals surface area (Å²) in [7, 11) is 0. The van der Waals surface area contributed by atoms with Gasteiger partial charge in [-0.3, -0.25) is 9.59 Å². The number of nitrogens with one attached hydrogen (secondary N) is 1. The Morgan fingerprint density at radius 1 is 0.800 bits per heavy atom. The van der Waals surface area contributed by atoms with Gasteiger partial charge >= 0.3 is 0 Å². The minimum Gasteiger partial charge on any atom is -0.504 e. The van der Waals surface area contributed by atoms with Crippen LogP contribution in [0.4, 0.5) is 0 Å². The largest absolute Gasteiger partial charge is 0.504 e. The van der Waals surface area contributed by atoms with E-state index in [-0.39, 0.29) is 65.4 Å². The van der Waals surface area contributed by atoms with E-state index in [9.17, 15) is 19.8 Å². The lowest BCUT2D eigenvalue weighted by molar-refractivity contribution is 0.0985. The molecule has 1 atom stereocenters. The Kier molecular flexibility index (Phi) is 12.7. The lowest BCUT2D eigenvalue weighted by Crippen LogP contribution is -2.31. The van der Waals surface area contributed by atoms with Crippen molar-refractivity contribution in [1.29, 1.82) is 0 Å². The van der Waals surface area contributed by atoms with E-state index >= 15 is 0 Å². The van der Waals surface area contributed by atoms with Crippen LogP contribution in [-0.2, 0) is 6.42 Å². The zero-order valence-corrected chi connectivity index (χ0v) is 20.7. The Balaban J connectivity index is 0.000000401. The smallest absolute Gasteiger partial charge is 0.177 e. The molecular weight excluding hydrogens is 493 g/mol. The van der Waals surface area contributed by atoms with Crippen molar-refractivity contribution in [3.8, 4) is 23.0 Å². The number of halogens is 2. The molecule has 0 heterocycles. The number of hydrogen-bond acceptors (Lipinski definition) is 7. The quantitative estimate of drug-likeness (QED) is 0.155. The van der Waals surface area contributed by atoms with Crippen LogP contribution in [0.25, 0.3) is 0 Å². The molecule has 0 aliphatic heterocycles. The zero-order chi connectivity index (χ0) is 25.1. The third-order valence-corrected chi connectivity index (χ3v) is 5.28. The second-order valence-electron chi connectivity index (χ2n) is 7.69. The van der Waals surface area contributed by atoms with Gasteiger partial charge in [-0.15, -0.1) is 24.0 Å². The number of rotatable bonds is 9. The maximum absolute atomic E-state index is 12.0. The maximum Gasteiger partial charge on any atom is 0.177 e. The summed E-state index contributed by atoms with van der Waals surface area (Å²) in [5.74, 6) is -1.59. The van der Waals surface area contributed by atoms with E-state index in [1.54, 1.807) is 0 Å². The van der Waals surface area contributed by atoms with Crippen LogP contribution in [0.1, 0.15) is 39.6 Å². The van der Waals surface area contributed by atoms with Crippen molar-refractivity contribution < 1.29 is 30.0 Å². The number of phenols is 4. The van der Waals surface area contributed by atoms with E-state index in [4.69, 9.17) is 21.8 Å². The molecular formula is C26H29Cl2NO6. The number of aromatic hydroxyl groups is 4. The highest BCUT2D eigenvalue weighted by Gasteiger charge is 2.11. The molecule has 0 spiro atoms. The second kappa shape index (κ2) is 14.9. The molecule has 3 aromatic carbocycles. The minimum atomic E-state index is -0.314. The lowest BCUT2D eigenvalue weighted by Gasteiger charge is -2.13. The number of hydrogen-bond donors (Lipinski definition) is 5. The number of benzene rings is 3. The van der Waals surface area contributed by atoms with Crippen molar-refractivity contribution in [2.75, 3.05) is 12.4 Å². The van der Waals surface area contributed by atoms with Crippen molar-refractivity contribution in [2.45, 2.75) is 25.8 Å². The highest BCUT2D eigenvalue weighted by Crippen LogP contribution is 2.25. The van der Waals surface area contributed by atoms with Gasteiger partial charge in [-0.1, -0.05) is 30.3 Å². The van der Waals surface area contributed by atoms with Gasteiger partial charge in [0.2, 0.25) is 0 Å². The van der Waals surface area contributed by atoms with Crippen molar-refractivity contribution in [2.24, 2.45) is 0 Å². The van der Waals surface area contributed by atoms with Crippen LogP contribution in [0.2, 0.25) is 0 Å². The number of alkyl halides is 1. The van der Waals surface area contributed by atoms with E-state index < -0.39 is 0 Å². The molecule has 7 nitrogen and oxygen atoms in total. The summed E-state index contributed by atoms with van der Waals surface area (Å²) in [6, 6.07) is 18.4. The number of carbonyl (C=O) groups excluding carboxylic acids is 2. The highest BCUT2D eigenvalue weighted by atomic mass is 35.5. The van der Waals surface area contributed by atoms with Crippen LogP contribution in [0.15, 0.2) is 66.7 Å². The number of carbonyl (C=O) groups is 2. The molecule has 0 radical (unpaired) electrons. The predicted molar refractivity (Wildman–Crippen MR) is 138 cm³/mol. The number of aryl methyl sites for hydroxylation is 1. The molecule has 0 saturated heterocycles. The first kappa shape index (κ1) is 29.8. The van der Waals surface area contributed by atoms with Crippen molar-refractivity contribution in [3.63, 3.8) is 0 Å². The first-order chi connectivity index (χ1) is 16.2. The Hall–Kier alpha value is -3.26. The van der Waals surface area contributed by atoms with Gasteiger partial charge in [0, 0.05) is 17.2 Å².